The van der Waals surface area contributed by atoms with E-state index in [0.29, 0.717) is 12.0 Å². The fourth-order valence-corrected chi connectivity index (χ4v) is 3.23. The third-order valence-electron chi connectivity index (χ3n) is 3.24. The van der Waals surface area contributed by atoms with E-state index in [0.717, 1.165) is 13.1 Å². The van der Waals surface area contributed by atoms with Crippen molar-refractivity contribution in [3.05, 3.63) is 21.9 Å². The number of hydrogen-bond donors (Lipinski definition) is 2. The molecule has 1 aliphatic rings. The minimum atomic E-state index is 0.439. The lowest BCUT2D eigenvalue weighted by Gasteiger charge is -2.24. The Kier molecular flexibility index (Phi) is 3.78. The fourth-order valence-electron chi connectivity index (χ4n) is 2.22. The summed E-state index contributed by atoms with van der Waals surface area (Å²) in [6, 6.07) is 2.74. The van der Waals surface area contributed by atoms with Crippen LogP contribution in [0.1, 0.15) is 36.1 Å². The van der Waals surface area contributed by atoms with Crippen LogP contribution < -0.4 is 11.1 Å². The van der Waals surface area contributed by atoms with Gasteiger partial charge in [-0.3, -0.25) is 0 Å². The van der Waals surface area contributed by atoms with Gasteiger partial charge in [-0.25, -0.2) is 0 Å². The first-order chi connectivity index (χ1) is 7.31. The van der Waals surface area contributed by atoms with Crippen molar-refractivity contribution in [1.82, 2.24) is 5.32 Å². The first kappa shape index (κ1) is 11.1. The second-order valence-electron chi connectivity index (χ2n) is 4.43. The van der Waals surface area contributed by atoms with Crippen LogP contribution in [-0.2, 0) is 6.42 Å². The van der Waals surface area contributed by atoms with Gasteiger partial charge in [-0.1, -0.05) is 0 Å². The van der Waals surface area contributed by atoms with Gasteiger partial charge in [-0.05, 0) is 49.1 Å². The number of nitrogens with two attached hydrogens (primary N) is 1. The highest BCUT2D eigenvalue weighted by atomic mass is 32.1. The van der Waals surface area contributed by atoms with E-state index >= 15 is 0 Å². The molecule has 0 bridgehead atoms. The van der Waals surface area contributed by atoms with Crippen molar-refractivity contribution in [3.63, 3.8) is 0 Å². The predicted molar refractivity (Wildman–Crippen MR) is 66.5 cm³/mol. The van der Waals surface area contributed by atoms with Gasteiger partial charge in [-0.15, -0.1) is 11.3 Å². The number of rotatable bonds is 4. The Labute approximate surface area is 95.9 Å². The Hall–Kier alpha value is -0.380. The second kappa shape index (κ2) is 5.10. The van der Waals surface area contributed by atoms with Crippen LogP contribution in [0.2, 0.25) is 0 Å². The molecule has 0 aliphatic heterocycles. The molecule has 2 atom stereocenters. The van der Waals surface area contributed by atoms with Crippen molar-refractivity contribution >= 4 is 11.3 Å². The average molecular weight is 224 g/mol. The molecule has 0 fully saturated rings. The highest BCUT2D eigenvalue weighted by molar-refractivity contribution is 7.10. The third kappa shape index (κ3) is 2.60. The highest BCUT2D eigenvalue weighted by Gasteiger charge is 2.20. The molecule has 1 heterocycles. The molecule has 3 heteroatoms. The van der Waals surface area contributed by atoms with Gasteiger partial charge in [-0.2, -0.15) is 0 Å². The Morgan fingerprint density at radius 1 is 1.67 bits per heavy atom. The van der Waals surface area contributed by atoms with E-state index in [1.807, 2.05) is 11.3 Å². The number of thiophene rings is 1. The molecule has 1 aromatic heterocycles. The van der Waals surface area contributed by atoms with E-state index in [-0.39, 0.29) is 0 Å². The van der Waals surface area contributed by atoms with Gasteiger partial charge in [0.05, 0.1) is 0 Å². The topological polar surface area (TPSA) is 38.0 Å². The first-order valence-electron chi connectivity index (χ1n) is 5.81. The molecule has 0 saturated carbocycles. The van der Waals surface area contributed by atoms with Crippen molar-refractivity contribution in [3.8, 4) is 0 Å². The molecule has 1 aromatic rings. The number of aryl methyl sites for hydroxylation is 1. The molecule has 15 heavy (non-hydrogen) atoms. The normalized spacial score (nSPS) is 22.4. The predicted octanol–water partition coefficient (Wildman–Crippen LogP) is 2.10. The number of nitrogens with one attached hydrogen (secondary N) is 1. The highest BCUT2D eigenvalue weighted by Crippen LogP contribution is 2.34. The SMILES string of the molecule is CC(CN)NCC1CCCc2sccc21. The largest absolute Gasteiger partial charge is 0.329 e. The smallest absolute Gasteiger partial charge is 0.0162 e. The average Bonchev–Trinajstić information content (AvgIpc) is 2.74. The maximum atomic E-state index is 5.60. The van der Waals surface area contributed by atoms with Gasteiger partial charge >= 0.3 is 0 Å². The summed E-state index contributed by atoms with van der Waals surface area (Å²) in [5.41, 5.74) is 7.19. The molecule has 1 aliphatic carbocycles. The van der Waals surface area contributed by atoms with Gasteiger partial charge in [0.1, 0.15) is 0 Å². The summed E-state index contributed by atoms with van der Waals surface area (Å²) in [5, 5.41) is 5.74. The monoisotopic (exact) mass is 224 g/mol. The quantitative estimate of drug-likeness (QED) is 0.822. The van der Waals surface area contributed by atoms with Gasteiger partial charge in [0.2, 0.25) is 0 Å². The molecule has 0 aromatic carbocycles. The second-order valence-corrected chi connectivity index (χ2v) is 5.43. The lowest BCUT2D eigenvalue weighted by molar-refractivity contribution is 0.471. The molecular weight excluding hydrogens is 204 g/mol. The summed E-state index contributed by atoms with van der Waals surface area (Å²) >= 11 is 1.92. The third-order valence-corrected chi connectivity index (χ3v) is 4.24. The Morgan fingerprint density at radius 2 is 2.53 bits per heavy atom. The first-order valence-corrected chi connectivity index (χ1v) is 6.69. The van der Waals surface area contributed by atoms with Gasteiger partial charge in [0.15, 0.2) is 0 Å². The standard InChI is InChI=1S/C12H20N2S/c1-9(7-13)14-8-10-3-2-4-12-11(10)5-6-15-12/h5-6,9-10,14H,2-4,7-8,13H2,1H3. The van der Waals surface area contributed by atoms with Crippen molar-refractivity contribution in [2.45, 2.75) is 38.1 Å². The molecule has 2 nitrogen and oxygen atoms in total. The van der Waals surface area contributed by atoms with Gasteiger partial charge < -0.3 is 11.1 Å². The Bertz CT molecular complexity index is 308. The minimum Gasteiger partial charge on any atom is -0.329 e. The maximum absolute atomic E-state index is 5.60. The molecule has 3 N–H and O–H groups in total. The van der Waals surface area contributed by atoms with Crippen LogP contribution in [0.5, 0.6) is 0 Å². The zero-order valence-corrected chi connectivity index (χ0v) is 10.1. The Morgan fingerprint density at radius 3 is 3.33 bits per heavy atom. The lowest BCUT2D eigenvalue weighted by Crippen LogP contribution is -2.36. The molecule has 2 unspecified atom stereocenters. The zero-order valence-electron chi connectivity index (χ0n) is 9.33. The molecule has 0 saturated heterocycles. The summed E-state index contributed by atoms with van der Waals surface area (Å²) in [5.74, 6) is 0.717. The summed E-state index contributed by atoms with van der Waals surface area (Å²) in [7, 11) is 0. The fraction of sp³-hybridized carbons (Fsp3) is 0.667. The van der Waals surface area contributed by atoms with E-state index in [2.05, 4.69) is 23.7 Å². The van der Waals surface area contributed by atoms with Crippen LogP contribution in [0.3, 0.4) is 0 Å². The maximum Gasteiger partial charge on any atom is 0.0162 e. The van der Waals surface area contributed by atoms with E-state index in [4.69, 9.17) is 5.73 Å². The summed E-state index contributed by atoms with van der Waals surface area (Å²) < 4.78 is 0. The van der Waals surface area contributed by atoms with Crippen molar-refractivity contribution < 1.29 is 0 Å². The van der Waals surface area contributed by atoms with Crippen molar-refractivity contribution in [2.75, 3.05) is 13.1 Å². The van der Waals surface area contributed by atoms with E-state index in [9.17, 15) is 0 Å². The number of fused-ring (bicyclic) bond motifs is 1. The molecule has 0 spiro atoms. The van der Waals surface area contributed by atoms with Gasteiger partial charge in [0.25, 0.3) is 0 Å². The van der Waals surface area contributed by atoms with Crippen LogP contribution in [0.4, 0.5) is 0 Å². The summed E-state index contributed by atoms with van der Waals surface area (Å²) in [6.45, 7) is 3.96. The molecular formula is C12H20N2S. The van der Waals surface area contributed by atoms with Gasteiger partial charge in [0, 0.05) is 24.0 Å². The zero-order chi connectivity index (χ0) is 10.7. The summed E-state index contributed by atoms with van der Waals surface area (Å²) in [6.07, 6.45) is 3.96. The molecule has 0 radical (unpaired) electrons. The van der Waals surface area contributed by atoms with Crippen LogP contribution in [-0.4, -0.2) is 19.1 Å². The van der Waals surface area contributed by atoms with E-state index in [1.54, 1.807) is 10.4 Å². The van der Waals surface area contributed by atoms with Crippen molar-refractivity contribution in [2.24, 2.45) is 5.73 Å². The van der Waals surface area contributed by atoms with Crippen LogP contribution in [0.25, 0.3) is 0 Å². The lowest BCUT2D eigenvalue weighted by atomic mass is 9.87. The Balaban J connectivity index is 1.95. The van der Waals surface area contributed by atoms with Crippen LogP contribution in [0.15, 0.2) is 11.4 Å². The van der Waals surface area contributed by atoms with Crippen molar-refractivity contribution in [1.29, 1.82) is 0 Å². The molecule has 84 valence electrons. The van der Waals surface area contributed by atoms with Crippen LogP contribution in [0, 0.1) is 0 Å². The van der Waals surface area contributed by atoms with Crippen LogP contribution >= 0.6 is 11.3 Å². The van der Waals surface area contributed by atoms with E-state index in [1.165, 1.54) is 19.3 Å². The molecule has 0 amide bonds. The van der Waals surface area contributed by atoms with E-state index < -0.39 is 0 Å². The minimum absolute atomic E-state index is 0.439. The number of hydrogen-bond acceptors (Lipinski definition) is 3. The molecule has 2 rings (SSSR count). The summed E-state index contributed by atoms with van der Waals surface area (Å²) in [4.78, 5) is 1.61.